The Morgan fingerprint density at radius 3 is 2.63 bits per heavy atom. The van der Waals surface area contributed by atoms with E-state index < -0.39 is 0 Å². The monoisotopic (exact) mass is 370 g/mol. The second kappa shape index (κ2) is 6.99. The van der Waals surface area contributed by atoms with E-state index in [0.717, 1.165) is 24.4 Å². The molecule has 27 heavy (non-hydrogen) atoms. The minimum atomic E-state index is -0.258. The first-order chi connectivity index (χ1) is 13.1. The molecule has 0 N–H and O–H groups in total. The maximum absolute atomic E-state index is 12.5. The topological polar surface area (TPSA) is 85.0 Å². The van der Waals surface area contributed by atoms with Crippen LogP contribution in [0.1, 0.15) is 12.7 Å². The highest BCUT2D eigenvalue weighted by Crippen LogP contribution is 2.16. The van der Waals surface area contributed by atoms with E-state index in [2.05, 4.69) is 15.1 Å². The van der Waals surface area contributed by atoms with Crippen LogP contribution in [0.3, 0.4) is 0 Å². The second-order valence-corrected chi connectivity index (χ2v) is 6.60. The van der Waals surface area contributed by atoms with Gasteiger partial charge in [-0.05, 0) is 19.1 Å². The number of ether oxygens (including phenoxy) is 1. The van der Waals surface area contributed by atoms with Crippen molar-refractivity contribution in [1.29, 1.82) is 0 Å². The summed E-state index contributed by atoms with van der Waals surface area (Å²) in [5.41, 5.74) is 0.723. The van der Waals surface area contributed by atoms with Gasteiger partial charge in [0.25, 0.3) is 5.56 Å². The Morgan fingerprint density at radius 2 is 1.89 bits per heavy atom. The fourth-order valence-corrected chi connectivity index (χ4v) is 3.50. The molecule has 0 atom stereocenters. The van der Waals surface area contributed by atoms with Gasteiger partial charge in [-0.1, -0.05) is 12.1 Å². The summed E-state index contributed by atoms with van der Waals surface area (Å²) < 4.78 is 8.53. The van der Waals surface area contributed by atoms with Crippen molar-refractivity contribution in [1.82, 2.24) is 29.0 Å². The normalized spacial score (nSPS) is 15.6. The number of aromatic nitrogens is 4. The lowest BCUT2D eigenvalue weighted by atomic mass is 10.2. The van der Waals surface area contributed by atoms with Gasteiger partial charge in [-0.3, -0.25) is 18.7 Å². The third kappa shape index (κ3) is 3.03. The van der Waals surface area contributed by atoms with Crippen molar-refractivity contribution in [2.24, 2.45) is 7.05 Å². The molecule has 0 saturated carbocycles. The molecule has 9 heteroatoms. The fourth-order valence-electron chi connectivity index (χ4n) is 3.50. The highest BCUT2D eigenvalue weighted by molar-refractivity contribution is 5.80. The number of nitrogens with zero attached hydrogens (tertiary/aromatic N) is 6. The van der Waals surface area contributed by atoms with Crippen molar-refractivity contribution in [2.75, 3.05) is 32.8 Å². The Labute approximate surface area is 155 Å². The summed E-state index contributed by atoms with van der Waals surface area (Å²) in [6.45, 7) is 5.50. The number of para-hydroxylation sites is 1. The van der Waals surface area contributed by atoms with Crippen LogP contribution in [-0.4, -0.2) is 67.8 Å². The summed E-state index contributed by atoms with van der Waals surface area (Å²) in [6.07, 6.45) is -0.258. The number of hydrogen-bond donors (Lipinski definition) is 0. The van der Waals surface area contributed by atoms with Crippen molar-refractivity contribution in [3.8, 4) is 0 Å². The molecule has 0 bridgehead atoms. The fraction of sp³-hybridized carbons (Fsp3) is 0.444. The van der Waals surface area contributed by atoms with Gasteiger partial charge in [0.1, 0.15) is 0 Å². The molecular formula is C18H22N6O3. The van der Waals surface area contributed by atoms with Gasteiger partial charge in [0, 0.05) is 33.2 Å². The zero-order valence-electron chi connectivity index (χ0n) is 15.5. The van der Waals surface area contributed by atoms with Gasteiger partial charge in [-0.2, -0.15) is 0 Å². The average molecular weight is 370 g/mol. The van der Waals surface area contributed by atoms with Crippen LogP contribution in [0.25, 0.3) is 16.7 Å². The van der Waals surface area contributed by atoms with E-state index in [1.807, 2.05) is 35.6 Å². The summed E-state index contributed by atoms with van der Waals surface area (Å²) in [7, 11) is 1.71. The van der Waals surface area contributed by atoms with Crippen LogP contribution in [0.5, 0.6) is 0 Å². The second-order valence-electron chi connectivity index (χ2n) is 6.60. The van der Waals surface area contributed by atoms with E-state index in [1.165, 1.54) is 4.57 Å². The lowest BCUT2D eigenvalue weighted by molar-refractivity contribution is 0.0771. The van der Waals surface area contributed by atoms with Crippen LogP contribution < -0.4 is 5.56 Å². The number of benzene rings is 1. The van der Waals surface area contributed by atoms with Gasteiger partial charge in [-0.15, -0.1) is 10.2 Å². The van der Waals surface area contributed by atoms with E-state index in [0.29, 0.717) is 37.4 Å². The van der Waals surface area contributed by atoms with Crippen LogP contribution >= 0.6 is 0 Å². The minimum absolute atomic E-state index is 0.0832. The molecule has 0 radical (unpaired) electrons. The molecule has 4 rings (SSSR count). The summed E-state index contributed by atoms with van der Waals surface area (Å²) in [4.78, 5) is 28.3. The SMILES string of the molecule is CCOC(=O)N1CCN(Cc2nnc3n(C)c(=O)c4ccccc4n23)CC1. The van der Waals surface area contributed by atoms with Crippen LogP contribution in [0, 0.1) is 0 Å². The number of piperazine rings is 1. The molecular weight excluding hydrogens is 348 g/mol. The first kappa shape index (κ1) is 17.5. The van der Waals surface area contributed by atoms with Gasteiger partial charge in [-0.25, -0.2) is 4.79 Å². The summed E-state index contributed by atoms with van der Waals surface area (Å²) in [5.74, 6) is 1.31. The quantitative estimate of drug-likeness (QED) is 0.680. The van der Waals surface area contributed by atoms with Crippen LogP contribution in [0.4, 0.5) is 4.79 Å². The number of rotatable bonds is 3. The molecule has 1 aliphatic heterocycles. The van der Waals surface area contributed by atoms with Crippen molar-refractivity contribution >= 4 is 22.8 Å². The lowest BCUT2D eigenvalue weighted by Gasteiger charge is -2.33. The van der Waals surface area contributed by atoms with E-state index in [1.54, 1.807) is 11.9 Å². The third-order valence-electron chi connectivity index (χ3n) is 4.96. The highest BCUT2D eigenvalue weighted by atomic mass is 16.6. The summed E-state index contributed by atoms with van der Waals surface area (Å²) >= 11 is 0. The molecule has 0 spiro atoms. The molecule has 0 unspecified atom stereocenters. The van der Waals surface area contributed by atoms with Crippen LogP contribution in [-0.2, 0) is 18.3 Å². The van der Waals surface area contributed by atoms with E-state index in [9.17, 15) is 9.59 Å². The number of carbonyl (C=O) groups is 1. The predicted octanol–water partition coefficient (Wildman–Crippen LogP) is 0.855. The Balaban J connectivity index is 1.61. The summed E-state index contributed by atoms with van der Waals surface area (Å²) in [6, 6.07) is 7.49. The van der Waals surface area contributed by atoms with Crippen LogP contribution in [0.15, 0.2) is 29.1 Å². The van der Waals surface area contributed by atoms with E-state index in [-0.39, 0.29) is 11.7 Å². The molecule has 1 amide bonds. The predicted molar refractivity (Wildman–Crippen MR) is 99.6 cm³/mol. The molecule has 1 aromatic carbocycles. The first-order valence-electron chi connectivity index (χ1n) is 9.06. The lowest BCUT2D eigenvalue weighted by Crippen LogP contribution is -2.48. The molecule has 2 aromatic heterocycles. The standard InChI is InChI=1S/C18H22N6O3/c1-3-27-18(26)23-10-8-22(9-11-23)12-15-19-20-17-21(2)16(25)13-6-4-5-7-14(13)24(15)17/h4-7H,3,8-12H2,1-2H3. The smallest absolute Gasteiger partial charge is 0.409 e. The van der Waals surface area contributed by atoms with Gasteiger partial charge >= 0.3 is 6.09 Å². The number of aryl methyl sites for hydroxylation is 1. The van der Waals surface area contributed by atoms with Crippen molar-refractivity contribution < 1.29 is 9.53 Å². The van der Waals surface area contributed by atoms with Crippen molar-refractivity contribution in [3.05, 3.63) is 40.4 Å². The van der Waals surface area contributed by atoms with Gasteiger partial charge in [0.15, 0.2) is 5.82 Å². The van der Waals surface area contributed by atoms with Crippen molar-refractivity contribution in [3.63, 3.8) is 0 Å². The van der Waals surface area contributed by atoms with Gasteiger partial charge in [0.2, 0.25) is 5.78 Å². The van der Waals surface area contributed by atoms with E-state index >= 15 is 0 Å². The number of carbonyl (C=O) groups excluding carboxylic acids is 1. The van der Waals surface area contributed by atoms with Crippen LogP contribution in [0.2, 0.25) is 0 Å². The first-order valence-corrected chi connectivity index (χ1v) is 9.06. The molecule has 1 aliphatic rings. The average Bonchev–Trinajstić information content (AvgIpc) is 3.11. The largest absolute Gasteiger partial charge is 0.450 e. The highest BCUT2D eigenvalue weighted by Gasteiger charge is 2.23. The molecule has 3 aromatic rings. The number of hydrogen-bond acceptors (Lipinski definition) is 6. The maximum Gasteiger partial charge on any atom is 0.409 e. The Bertz CT molecular complexity index is 1050. The Kier molecular flexibility index (Phi) is 4.53. The van der Waals surface area contributed by atoms with Crippen molar-refractivity contribution in [2.45, 2.75) is 13.5 Å². The number of amides is 1. The molecule has 0 aliphatic carbocycles. The summed E-state index contributed by atoms with van der Waals surface area (Å²) in [5, 5.41) is 9.20. The van der Waals surface area contributed by atoms with E-state index in [4.69, 9.17) is 4.74 Å². The third-order valence-corrected chi connectivity index (χ3v) is 4.96. The number of fused-ring (bicyclic) bond motifs is 3. The minimum Gasteiger partial charge on any atom is -0.450 e. The molecule has 142 valence electrons. The molecule has 9 nitrogen and oxygen atoms in total. The zero-order valence-corrected chi connectivity index (χ0v) is 15.5. The zero-order chi connectivity index (χ0) is 19.0. The maximum atomic E-state index is 12.5. The molecule has 3 heterocycles. The Morgan fingerprint density at radius 1 is 1.15 bits per heavy atom. The van der Waals surface area contributed by atoms with Gasteiger partial charge in [0.05, 0.1) is 24.1 Å². The molecule has 1 fully saturated rings. The Hall–Kier alpha value is -2.94. The van der Waals surface area contributed by atoms with Gasteiger partial charge < -0.3 is 9.64 Å². The molecule has 1 saturated heterocycles.